The molecule has 4 aromatic carbocycles. The Morgan fingerprint density at radius 3 is 2.48 bits per heavy atom. The number of pyridine rings is 2. The van der Waals surface area contributed by atoms with Crippen molar-refractivity contribution in [2.24, 2.45) is 0 Å². The predicted molar refractivity (Wildman–Crippen MR) is 162 cm³/mol. The van der Waals surface area contributed by atoms with E-state index in [-0.39, 0.29) is 0 Å². The molecular formula is C34H25N5O. The third-order valence-corrected chi connectivity index (χ3v) is 7.64. The summed E-state index contributed by atoms with van der Waals surface area (Å²) in [7, 11) is 2.06. The van der Waals surface area contributed by atoms with Crippen LogP contribution in [-0.2, 0) is 0 Å². The molecule has 0 radical (unpaired) electrons. The fourth-order valence-corrected chi connectivity index (χ4v) is 5.82. The molecule has 8 rings (SSSR count). The third-order valence-electron chi connectivity index (χ3n) is 7.64. The Hall–Kier alpha value is -5.36. The molecular weight excluding hydrogens is 494 g/mol. The smallest absolute Gasteiger partial charge is 0.153 e. The van der Waals surface area contributed by atoms with Crippen LogP contribution >= 0.6 is 0 Å². The lowest BCUT2D eigenvalue weighted by Crippen LogP contribution is -2.24. The fraction of sp³-hybridized carbons (Fsp3) is 0.0588. The van der Waals surface area contributed by atoms with E-state index in [4.69, 9.17) is 9.72 Å². The van der Waals surface area contributed by atoms with Gasteiger partial charge in [0.25, 0.3) is 0 Å². The van der Waals surface area contributed by atoms with Gasteiger partial charge in [0.15, 0.2) is 5.82 Å². The Bertz CT molecular complexity index is 2050. The number of ether oxygens (including phenoxy) is 1. The van der Waals surface area contributed by atoms with Crippen LogP contribution in [0, 0.1) is 0 Å². The van der Waals surface area contributed by atoms with Crippen LogP contribution in [-0.4, -0.2) is 28.1 Å². The fourth-order valence-electron chi connectivity index (χ4n) is 5.82. The number of aromatic nitrogens is 3. The molecule has 0 saturated heterocycles. The number of rotatable bonds is 4. The number of anilines is 3. The summed E-state index contributed by atoms with van der Waals surface area (Å²) < 4.78 is 8.72. The summed E-state index contributed by atoms with van der Waals surface area (Å²) in [4.78, 5) is 13.9. The zero-order valence-corrected chi connectivity index (χ0v) is 21.9. The highest BCUT2D eigenvalue weighted by Crippen LogP contribution is 2.40. The first-order valence-electron chi connectivity index (χ1n) is 13.3. The molecule has 4 heterocycles. The highest BCUT2D eigenvalue weighted by Gasteiger charge is 2.25. The summed E-state index contributed by atoms with van der Waals surface area (Å²) in [5, 5.41) is 3.38. The van der Waals surface area contributed by atoms with Gasteiger partial charge in [-0.1, -0.05) is 54.6 Å². The molecule has 6 heteroatoms. The van der Waals surface area contributed by atoms with Crippen molar-refractivity contribution in [3.63, 3.8) is 0 Å². The average molecular weight is 520 g/mol. The third kappa shape index (κ3) is 3.50. The maximum absolute atomic E-state index is 6.46. The zero-order chi connectivity index (χ0) is 26.6. The molecule has 40 heavy (non-hydrogen) atoms. The van der Waals surface area contributed by atoms with Gasteiger partial charge in [-0.15, -0.1) is 0 Å². The standard InChI is InChI=1S/C34H25N5O/c1-37-22-38(31-15-8-18-35-34(31)37)24-11-7-12-25(19-24)40-26-16-17-27-28-13-5-6-14-30(28)39-32(23-9-3-2-4-10-23)21-36-33(39)29(27)20-26/h2-21H,22H2,1H3. The molecule has 1 aliphatic heterocycles. The number of hydrogen-bond donors (Lipinski definition) is 0. The van der Waals surface area contributed by atoms with Crippen LogP contribution in [0.2, 0.25) is 0 Å². The molecule has 0 N–H and O–H groups in total. The van der Waals surface area contributed by atoms with Crippen LogP contribution in [0.3, 0.4) is 0 Å². The number of nitrogens with zero attached hydrogens (tertiary/aromatic N) is 5. The first kappa shape index (κ1) is 22.6. The monoisotopic (exact) mass is 519 g/mol. The lowest BCUT2D eigenvalue weighted by molar-refractivity contribution is 0.483. The molecule has 192 valence electrons. The predicted octanol–water partition coefficient (Wildman–Crippen LogP) is 8.04. The highest BCUT2D eigenvalue weighted by molar-refractivity contribution is 6.12. The van der Waals surface area contributed by atoms with Crippen LogP contribution in [0.5, 0.6) is 11.5 Å². The van der Waals surface area contributed by atoms with Gasteiger partial charge in [0, 0.05) is 41.3 Å². The van der Waals surface area contributed by atoms with Gasteiger partial charge in [-0.05, 0) is 53.9 Å². The van der Waals surface area contributed by atoms with Crippen molar-refractivity contribution in [2.75, 3.05) is 23.5 Å². The molecule has 3 aromatic heterocycles. The van der Waals surface area contributed by atoms with Crippen molar-refractivity contribution < 1.29 is 4.74 Å². The summed E-state index contributed by atoms with van der Waals surface area (Å²) in [5.41, 5.74) is 6.40. The van der Waals surface area contributed by atoms with E-state index >= 15 is 0 Å². The van der Waals surface area contributed by atoms with Crippen LogP contribution < -0.4 is 14.5 Å². The van der Waals surface area contributed by atoms with Crippen molar-refractivity contribution in [1.82, 2.24) is 14.4 Å². The first-order valence-corrected chi connectivity index (χ1v) is 13.3. The van der Waals surface area contributed by atoms with Crippen molar-refractivity contribution in [3.8, 4) is 22.8 Å². The van der Waals surface area contributed by atoms with E-state index in [1.54, 1.807) is 0 Å². The first-order chi connectivity index (χ1) is 19.7. The van der Waals surface area contributed by atoms with E-state index in [0.717, 1.165) is 68.6 Å². The van der Waals surface area contributed by atoms with Crippen molar-refractivity contribution in [1.29, 1.82) is 0 Å². The second-order valence-electron chi connectivity index (χ2n) is 10.1. The molecule has 6 nitrogen and oxygen atoms in total. The van der Waals surface area contributed by atoms with Crippen LogP contribution in [0.15, 0.2) is 122 Å². The van der Waals surface area contributed by atoms with Gasteiger partial charge in [0.2, 0.25) is 0 Å². The molecule has 1 aliphatic rings. The quantitative estimate of drug-likeness (QED) is 0.220. The van der Waals surface area contributed by atoms with Gasteiger partial charge in [0.05, 0.1) is 29.8 Å². The van der Waals surface area contributed by atoms with E-state index in [2.05, 4.69) is 105 Å². The topological polar surface area (TPSA) is 45.9 Å². The van der Waals surface area contributed by atoms with Crippen molar-refractivity contribution >= 4 is 44.5 Å². The number of fused-ring (bicyclic) bond motifs is 7. The Morgan fingerprint density at radius 1 is 0.700 bits per heavy atom. The van der Waals surface area contributed by atoms with Crippen LogP contribution in [0.4, 0.5) is 17.2 Å². The van der Waals surface area contributed by atoms with Gasteiger partial charge >= 0.3 is 0 Å². The van der Waals surface area contributed by atoms with Gasteiger partial charge in [-0.25, -0.2) is 9.97 Å². The Kier molecular flexibility index (Phi) is 5.00. The number of para-hydroxylation sites is 1. The summed E-state index contributed by atoms with van der Waals surface area (Å²) in [6.07, 6.45) is 3.80. The van der Waals surface area contributed by atoms with E-state index in [0.29, 0.717) is 0 Å². The molecule has 7 aromatic rings. The number of hydrogen-bond acceptors (Lipinski definition) is 5. The molecule has 0 fully saturated rings. The molecule has 0 atom stereocenters. The molecule has 0 spiro atoms. The zero-order valence-electron chi connectivity index (χ0n) is 21.9. The van der Waals surface area contributed by atoms with Crippen molar-refractivity contribution in [3.05, 3.63) is 122 Å². The molecule has 0 bridgehead atoms. The van der Waals surface area contributed by atoms with Gasteiger partial charge in [-0.2, -0.15) is 0 Å². The molecule has 0 saturated carbocycles. The van der Waals surface area contributed by atoms with Crippen molar-refractivity contribution in [2.45, 2.75) is 0 Å². The molecule has 0 amide bonds. The van der Waals surface area contributed by atoms with Gasteiger partial charge in [0.1, 0.15) is 17.1 Å². The number of imidazole rings is 1. The summed E-state index contributed by atoms with van der Waals surface area (Å²) >= 11 is 0. The normalized spacial score (nSPS) is 12.9. The minimum Gasteiger partial charge on any atom is -0.457 e. The summed E-state index contributed by atoms with van der Waals surface area (Å²) in [5.74, 6) is 2.53. The SMILES string of the molecule is CN1CN(c2cccc(Oc3ccc4c5ccccc5n5c(-c6ccccc6)cnc5c4c3)c2)c2cccnc21. The Labute approximate surface area is 231 Å². The van der Waals surface area contributed by atoms with E-state index in [9.17, 15) is 0 Å². The highest BCUT2D eigenvalue weighted by atomic mass is 16.5. The van der Waals surface area contributed by atoms with Crippen LogP contribution in [0.25, 0.3) is 38.6 Å². The number of benzene rings is 4. The lowest BCUT2D eigenvalue weighted by atomic mass is 10.1. The summed E-state index contributed by atoms with van der Waals surface area (Å²) in [6.45, 7) is 0.737. The Morgan fingerprint density at radius 2 is 1.55 bits per heavy atom. The van der Waals surface area contributed by atoms with E-state index < -0.39 is 0 Å². The minimum absolute atomic E-state index is 0.737. The maximum atomic E-state index is 6.46. The van der Waals surface area contributed by atoms with Gasteiger partial charge < -0.3 is 14.5 Å². The minimum atomic E-state index is 0.737. The lowest BCUT2D eigenvalue weighted by Gasteiger charge is -2.20. The second kappa shape index (κ2) is 8.85. The molecule has 0 unspecified atom stereocenters. The summed E-state index contributed by atoms with van der Waals surface area (Å²) in [6, 6.07) is 37.5. The molecule has 0 aliphatic carbocycles. The van der Waals surface area contributed by atoms with Gasteiger partial charge in [-0.3, -0.25) is 4.40 Å². The largest absolute Gasteiger partial charge is 0.457 e. The van der Waals surface area contributed by atoms with E-state index in [1.165, 1.54) is 5.39 Å². The average Bonchev–Trinajstić information content (AvgIpc) is 3.60. The maximum Gasteiger partial charge on any atom is 0.153 e. The Balaban J connectivity index is 1.23. The van der Waals surface area contributed by atoms with E-state index in [1.807, 2.05) is 42.7 Å². The second-order valence-corrected chi connectivity index (χ2v) is 10.1. The van der Waals surface area contributed by atoms with Crippen LogP contribution in [0.1, 0.15) is 0 Å².